The summed E-state index contributed by atoms with van der Waals surface area (Å²) in [6.45, 7) is 3.58. The summed E-state index contributed by atoms with van der Waals surface area (Å²) in [6, 6.07) is 6.92. The fourth-order valence-electron chi connectivity index (χ4n) is 2.54. The van der Waals surface area contributed by atoms with E-state index < -0.39 is 18.2 Å². The predicted molar refractivity (Wildman–Crippen MR) is 88.2 cm³/mol. The number of aliphatic hydroxyl groups excluding tert-OH is 2. The number of ether oxygens (including phenoxy) is 1. The minimum absolute atomic E-state index is 0.380. The highest BCUT2D eigenvalue weighted by Crippen LogP contribution is 2.33. The number of rotatable bonds is 4. The van der Waals surface area contributed by atoms with Crippen LogP contribution in [0.4, 0.5) is 0 Å². The van der Waals surface area contributed by atoms with Crippen molar-refractivity contribution in [3.63, 3.8) is 0 Å². The molecule has 2 unspecified atom stereocenters. The summed E-state index contributed by atoms with van der Waals surface area (Å²) in [7, 11) is 1.15. The number of esters is 1. The van der Waals surface area contributed by atoms with E-state index in [1.54, 1.807) is 35.8 Å². The number of hydrogen-bond acceptors (Lipinski definition) is 4. The van der Waals surface area contributed by atoms with Gasteiger partial charge in [-0.25, -0.2) is 4.79 Å². The highest BCUT2D eigenvalue weighted by molar-refractivity contribution is 6.43. The molecule has 124 valence electrons. The lowest BCUT2D eigenvalue weighted by molar-refractivity contribution is -0.156. The number of benzene rings is 1. The number of hydrogen-bond donors (Lipinski definition) is 2. The minimum Gasteiger partial charge on any atom is -0.467 e. The third-order valence-electron chi connectivity index (χ3n) is 3.70. The van der Waals surface area contributed by atoms with E-state index in [0.717, 1.165) is 12.8 Å². The molecule has 5 nitrogen and oxygen atoms in total. The Hall–Kier alpha value is -1.53. The Morgan fingerprint density at radius 3 is 2.52 bits per heavy atom. The molecule has 1 heterocycles. The molecule has 2 atom stereocenters. The van der Waals surface area contributed by atoms with E-state index in [2.05, 4.69) is 4.74 Å². The molecule has 1 aromatic carbocycles. The maximum absolute atomic E-state index is 11.4. The maximum atomic E-state index is 11.4. The topological polar surface area (TPSA) is 71.7 Å². The van der Waals surface area contributed by atoms with Crippen molar-refractivity contribution in [1.29, 1.82) is 0 Å². The van der Waals surface area contributed by atoms with E-state index in [1.165, 1.54) is 0 Å². The second kappa shape index (κ2) is 6.93. The standard InChI is InChI=1S/C16H17Cl2NO4/c1-8-7-10(14(20)15(21)16(22)23-3)9(2)19(8)12-6-4-5-11(17)13(12)18/h4-7,14-15,20-21H,1-3H3. The third-order valence-corrected chi connectivity index (χ3v) is 4.51. The van der Waals surface area contributed by atoms with Gasteiger partial charge in [0.1, 0.15) is 6.10 Å². The molecule has 2 N–H and O–H groups in total. The van der Waals surface area contributed by atoms with Gasteiger partial charge in [0, 0.05) is 17.0 Å². The summed E-state index contributed by atoms with van der Waals surface area (Å²) >= 11 is 12.3. The van der Waals surface area contributed by atoms with Crippen molar-refractivity contribution < 1.29 is 19.7 Å². The number of methoxy groups -OCH3 is 1. The van der Waals surface area contributed by atoms with Gasteiger partial charge in [0.25, 0.3) is 0 Å². The Bertz CT molecular complexity index is 742. The molecular weight excluding hydrogens is 341 g/mol. The summed E-state index contributed by atoms with van der Waals surface area (Å²) in [5.41, 5.74) is 2.48. The lowest BCUT2D eigenvalue weighted by Gasteiger charge is -2.17. The van der Waals surface area contributed by atoms with Crippen LogP contribution in [0.15, 0.2) is 24.3 Å². The molecule has 0 spiro atoms. The lowest BCUT2D eigenvalue weighted by Crippen LogP contribution is -2.29. The molecule has 7 heteroatoms. The second-order valence-electron chi connectivity index (χ2n) is 5.15. The van der Waals surface area contributed by atoms with Crippen LogP contribution < -0.4 is 0 Å². The Kier molecular flexibility index (Phi) is 5.37. The maximum Gasteiger partial charge on any atom is 0.337 e. The smallest absolute Gasteiger partial charge is 0.337 e. The van der Waals surface area contributed by atoms with Gasteiger partial charge in [0.2, 0.25) is 0 Å². The lowest BCUT2D eigenvalue weighted by atomic mass is 10.0. The van der Waals surface area contributed by atoms with Crippen molar-refractivity contribution in [1.82, 2.24) is 4.57 Å². The normalized spacial score (nSPS) is 13.7. The fourth-order valence-corrected chi connectivity index (χ4v) is 2.92. The Morgan fingerprint density at radius 2 is 1.91 bits per heavy atom. The Morgan fingerprint density at radius 1 is 1.26 bits per heavy atom. The van der Waals surface area contributed by atoms with Crippen LogP contribution in [0.25, 0.3) is 5.69 Å². The average Bonchev–Trinajstić information content (AvgIpc) is 2.82. The van der Waals surface area contributed by atoms with Crippen LogP contribution in [0.2, 0.25) is 10.0 Å². The SMILES string of the molecule is COC(=O)C(O)C(O)c1cc(C)n(-c2cccc(Cl)c2Cl)c1C. The van der Waals surface area contributed by atoms with Crippen molar-refractivity contribution in [2.45, 2.75) is 26.1 Å². The van der Waals surface area contributed by atoms with Gasteiger partial charge in [-0.05, 0) is 32.0 Å². The predicted octanol–water partition coefficient (Wildman–Crippen LogP) is 2.97. The average molecular weight is 358 g/mol. The molecule has 0 aliphatic carbocycles. The fraction of sp³-hybridized carbons (Fsp3) is 0.312. The van der Waals surface area contributed by atoms with Crippen molar-refractivity contribution in [3.05, 3.63) is 51.3 Å². The van der Waals surface area contributed by atoms with Crippen molar-refractivity contribution in [2.24, 2.45) is 0 Å². The second-order valence-corrected chi connectivity index (χ2v) is 5.93. The first-order chi connectivity index (χ1) is 10.8. The number of aryl methyl sites for hydroxylation is 1. The van der Waals surface area contributed by atoms with Crippen molar-refractivity contribution in [2.75, 3.05) is 7.11 Å². The molecule has 0 aliphatic heterocycles. The number of carbonyl (C=O) groups is 1. The summed E-state index contributed by atoms with van der Waals surface area (Å²) in [6.07, 6.45) is -3.07. The zero-order valence-corrected chi connectivity index (χ0v) is 14.4. The largest absolute Gasteiger partial charge is 0.467 e. The van der Waals surface area contributed by atoms with Crippen LogP contribution in [-0.4, -0.2) is 34.0 Å². The van der Waals surface area contributed by atoms with Crippen LogP contribution in [0.1, 0.15) is 23.1 Å². The number of carbonyl (C=O) groups excluding carboxylic acids is 1. The zero-order valence-electron chi connectivity index (χ0n) is 12.9. The highest BCUT2D eigenvalue weighted by atomic mass is 35.5. The summed E-state index contributed by atoms with van der Waals surface area (Å²) in [5, 5.41) is 20.9. The van der Waals surface area contributed by atoms with Gasteiger partial charge >= 0.3 is 5.97 Å². The summed E-state index contributed by atoms with van der Waals surface area (Å²) < 4.78 is 6.26. The first-order valence-electron chi connectivity index (χ1n) is 6.86. The quantitative estimate of drug-likeness (QED) is 0.825. The van der Waals surface area contributed by atoms with Gasteiger partial charge in [-0.1, -0.05) is 29.3 Å². The van der Waals surface area contributed by atoms with Crippen LogP contribution in [0, 0.1) is 13.8 Å². The van der Waals surface area contributed by atoms with Crippen molar-refractivity contribution >= 4 is 29.2 Å². The van der Waals surface area contributed by atoms with Crippen LogP contribution >= 0.6 is 23.2 Å². The summed E-state index contributed by atoms with van der Waals surface area (Å²) in [4.78, 5) is 11.4. The molecule has 0 radical (unpaired) electrons. The van der Waals surface area contributed by atoms with Gasteiger partial charge in [0.15, 0.2) is 6.10 Å². The molecule has 2 rings (SSSR count). The molecule has 1 aromatic heterocycles. The van der Waals surface area contributed by atoms with Crippen molar-refractivity contribution in [3.8, 4) is 5.69 Å². The third kappa shape index (κ3) is 3.23. The van der Waals surface area contributed by atoms with E-state index in [1.807, 2.05) is 6.92 Å². The molecular formula is C16H17Cl2NO4. The summed E-state index contributed by atoms with van der Waals surface area (Å²) in [5.74, 6) is -0.900. The number of aromatic nitrogens is 1. The molecule has 0 amide bonds. The molecule has 0 bridgehead atoms. The van der Waals surface area contributed by atoms with Gasteiger partial charge in [-0.15, -0.1) is 0 Å². The first-order valence-corrected chi connectivity index (χ1v) is 7.62. The molecule has 23 heavy (non-hydrogen) atoms. The van der Waals surface area contributed by atoms with Crippen LogP contribution in [0.3, 0.4) is 0 Å². The van der Waals surface area contributed by atoms with E-state index in [9.17, 15) is 15.0 Å². The molecule has 0 saturated heterocycles. The van der Waals surface area contributed by atoms with E-state index in [-0.39, 0.29) is 0 Å². The molecule has 0 aliphatic rings. The zero-order chi connectivity index (χ0) is 17.3. The molecule has 0 fully saturated rings. The Balaban J connectivity index is 2.52. The molecule has 0 saturated carbocycles. The first kappa shape index (κ1) is 17.8. The van der Waals surface area contributed by atoms with Gasteiger partial charge in [-0.3, -0.25) is 0 Å². The monoisotopic (exact) mass is 357 g/mol. The number of nitrogens with zero attached hydrogens (tertiary/aromatic N) is 1. The van der Waals surface area contributed by atoms with Gasteiger partial charge in [-0.2, -0.15) is 0 Å². The van der Waals surface area contributed by atoms with Gasteiger partial charge < -0.3 is 19.5 Å². The van der Waals surface area contributed by atoms with Crippen LogP contribution in [-0.2, 0) is 9.53 Å². The minimum atomic E-state index is -1.66. The van der Waals surface area contributed by atoms with E-state index in [0.29, 0.717) is 27.0 Å². The Labute approximate surface area is 144 Å². The van der Waals surface area contributed by atoms with E-state index >= 15 is 0 Å². The van der Waals surface area contributed by atoms with E-state index in [4.69, 9.17) is 23.2 Å². The van der Waals surface area contributed by atoms with Gasteiger partial charge in [0.05, 0.1) is 22.8 Å². The number of aliphatic hydroxyl groups is 2. The molecule has 2 aromatic rings. The van der Waals surface area contributed by atoms with Crippen LogP contribution in [0.5, 0.6) is 0 Å². The number of halogens is 2. The highest BCUT2D eigenvalue weighted by Gasteiger charge is 2.29.